The van der Waals surface area contributed by atoms with Crippen LogP contribution in [-0.4, -0.2) is 39.8 Å². The van der Waals surface area contributed by atoms with Crippen molar-refractivity contribution in [3.8, 4) is 0 Å². The third kappa shape index (κ3) is 1.98. The highest BCUT2D eigenvalue weighted by Gasteiger charge is 2.37. The zero-order valence-electron chi connectivity index (χ0n) is 5.65. The van der Waals surface area contributed by atoms with Crippen LogP contribution >= 0.6 is 23.2 Å². The number of hydrogen-bond donors (Lipinski definition) is 2. The molecule has 11 heavy (non-hydrogen) atoms. The fourth-order valence-electron chi connectivity index (χ4n) is 0.867. The van der Waals surface area contributed by atoms with Crippen LogP contribution in [0.2, 0.25) is 0 Å². The molecule has 1 aliphatic heterocycles. The Morgan fingerprint density at radius 2 is 2.09 bits per heavy atom. The standard InChI is InChI=1S/C6H9Cl2O3/c7-1-4-5(8)6(10)3(9)2-11-4/h2-6,9-10H,1H2/t3-,4+,5-,6+/m0/s1. The van der Waals surface area contributed by atoms with Crippen LogP contribution in [0.15, 0.2) is 0 Å². The zero-order chi connectivity index (χ0) is 8.43. The summed E-state index contributed by atoms with van der Waals surface area (Å²) in [6.45, 7) is 1.15. The van der Waals surface area contributed by atoms with Gasteiger partial charge in [-0.3, -0.25) is 0 Å². The molecule has 1 heterocycles. The van der Waals surface area contributed by atoms with Gasteiger partial charge in [-0.15, -0.1) is 23.2 Å². The quantitative estimate of drug-likeness (QED) is 0.591. The second-order valence-corrected chi connectivity index (χ2v) is 3.20. The average Bonchev–Trinajstić information content (AvgIpc) is 2.01. The van der Waals surface area contributed by atoms with Gasteiger partial charge < -0.3 is 14.9 Å². The van der Waals surface area contributed by atoms with E-state index in [0.717, 1.165) is 6.61 Å². The lowest BCUT2D eigenvalue weighted by Crippen LogP contribution is -2.48. The third-order valence-electron chi connectivity index (χ3n) is 1.58. The van der Waals surface area contributed by atoms with E-state index in [2.05, 4.69) is 0 Å². The van der Waals surface area contributed by atoms with Gasteiger partial charge in [-0.05, 0) is 0 Å². The second-order valence-electron chi connectivity index (χ2n) is 2.39. The van der Waals surface area contributed by atoms with Crippen molar-refractivity contribution in [2.75, 3.05) is 5.88 Å². The van der Waals surface area contributed by atoms with Crippen LogP contribution in [0, 0.1) is 6.61 Å². The molecular weight excluding hydrogens is 191 g/mol. The number of rotatable bonds is 1. The fraction of sp³-hybridized carbons (Fsp3) is 0.833. The normalized spacial score (nSPS) is 45.8. The van der Waals surface area contributed by atoms with E-state index in [4.69, 9.17) is 33.0 Å². The van der Waals surface area contributed by atoms with Crippen LogP contribution in [0.3, 0.4) is 0 Å². The molecule has 1 aliphatic rings. The van der Waals surface area contributed by atoms with E-state index < -0.39 is 23.7 Å². The first-order valence-electron chi connectivity index (χ1n) is 3.21. The predicted octanol–water partition coefficient (Wildman–Crippen LogP) is 0.115. The molecule has 0 aromatic heterocycles. The van der Waals surface area contributed by atoms with Crippen LogP contribution < -0.4 is 0 Å². The lowest BCUT2D eigenvalue weighted by molar-refractivity contribution is -0.0742. The summed E-state index contributed by atoms with van der Waals surface area (Å²) in [5.41, 5.74) is 0. The average molecular weight is 200 g/mol. The molecule has 0 bridgehead atoms. The van der Waals surface area contributed by atoms with Crippen molar-refractivity contribution in [1.82, 2.24) is 0 Å². The van der Waals surface area contributed by atoms with Crippen molar-refractivity contribution in [3.05, 3.63) is 6.61 Å². The van der Waals surface area contributed by atoms with Crippen LogP contribution in [0.25, 0.3) is 0 Å². The monoisotopic (exact) mass is 199 g/mol. The van der Waals surface area contributed by atoms with Crippen molar-refractivity contribution in [1.29, 1.82) is 0 Å². The molecule has 4 atom stereocenters. The van der Waals surface area contributed by atoms with Crippen LogP contribution in [0.1, 0.15) is 0 Å². The topological polar surface area (TPSA) is 49.7 Å². The number of hydrogen-bond acceptors (Lipinski definition) is 3. The van der Waals surface area contributed by atoms with Crippen LogP contribution in [0.4, 0.5) is 0 Å². The minimum atomic E-state index is -1.02. The van der Waals surface area contributed by atoms with E-state index >= 15 is 0 Å². The minimum Gasteiger partial charge on any atom is -0.389 e. The molecule has 1 rings (SSSR count). The first-order chi connectivity index (χ1) is 5.16. The summed E-state index contributed by atoms with van der Waals surface area (Å²) >= 11 is 11.2. The zero-order valence-corrected chi connectivity index (χ0v) is 7.16. The number of aliphatic hydroxyl groups excluding tert-OH is 2. The number of aliphatic hydroxyl groups is 2. The first-order valence-corrected chi connectivity index (χ1v) is 4.19. The number of alkyl halides is 2. The molecule has 65 valence electrons. The molecular formula is C6H9Cl2O3. The Kier molecular flexibility index (Phi) is 3.40. The first kappa shape index (κ1) is 9.55. The van der Waals surface area contributed by atoms with Crippen molar-refractivity contribution >= 4 is 23.2 Å². The van der Waals surface area contributed by atoms with E-state index in [-0.39, 0.29) is 5.88 Å². The third-order valence-corrected chi connectivity index (χ3v) is 2.42. The van der Waals surface area contributed by atoms with E-state index in [1.807, 2.05) is 0 Å². The maximum Gasteiger partial charge on any atom is 0.115 e. The molecule has 0 aliphatic carbocycles. The summed E-state index contributed by atoms with van der Waals surface area (Å²) in [7, 11) is 0. The lowest BCUT2D eigenvalue weighted by atomic mass is 10.0. The lowest BCUT2D eigenvalue weighted by Gasteiger charge is -2.33. The highest BCUT2D eigenvalue weighted by Crippen LogP contribution is 2.23. The molecule has 0 saturated carbocycles. The Morgan fingerprint density at radius 1 is 1.45 bits per heavy atom. The highest BCUT2D eigenvalue weighted by atomic mass is 35.5. The van der Waals surface area contributed by atoms with Gasteiger partial charge >= 0.3 is 0 Å². The van der Waals surface area contributed by atoms with Gasteiger partial charge in [-0.2, -0.15) is 0 Å². The molecule has 0 amide bonds. The number of halogens is 2. The smallest absolute Gasteiger partial charge is 0.115 e. The molecule has 0 aromatic carbocycles. The molecule has 3 nitrogen and oxygen atoms in total. The number of ether oxygens (including phenoxy) is 1. The van der Waals surface area contributed by atoms with Crippen molar-refractivity contribution in [2.24, 2.45) is 0 Å². The van der Waals surface area contributed by atoms with Crippen molar-refractivity contribution in [3.63, 3.8) is 0 Å². The van der Waals surface area contributed by atoms with Gasteiger partial charge in [0.15, 0.2) is 0 Å². The van der Waals surface area contributed by atoms with Gasteiger partial charge in [-0.1, -0.05) is 0 Å². The Morgan fingerprint density at radius 3 is 2.64 bits per heavy atom. The Balaban J connectivity index is 2.52. The van der Waals surface area contributed by atoms with Gasteiger partial charge in [0, 0.05) is 0 Å². The maximum absolute atomic E-state index is 9.20. The summed E-state index contributed by atoms with van der Waals surface area (Å²) in [5.74, 6) is 0.203. The van der Waals surface area contributed by atoms with Gasteiger partial charge in [-0.25, -0.2) is 0 Å². The largest absolute Gasteiger partial charge is 0.389 e. The molecule has 1 fully saturated rings. The Bertz CT molecular complexity index is 131. The molecule has 2 N–H and O–H groups in total. The van der Waals surface area contributed by atoms with E-state index in [1.165, 1.54) is 0 Å². The van der Waals surface area contributed by atoms with Gasteiger partial charge in [0.05, 0.1) is 17.4 Å². The maximum atomic E-state index is 9.20. The van der Waals surface area contributed by atoms with E-state index in [1.54, 1.807) is 0 Å². The summed E-state index contributed by atoms with van der Waals surface area (Å²) in [5, 5.41) is 17.6. The van der Waals surface area contributed by atoms with Gasteiger partial charge in [0.2, 0.25) is 0 Å². The molecule has 0 aromatic rings. The van der Waals surface area contributed by atoms with E-state index in [0.29, 0.717) is 0 Å². The van der Waals surface area contributed by atoms with E-state index in [9.17, 15) is 5.11 Å². The summed E-state index contributed by atoms with van der Waals surface area (Å²) < 4.78 is 4.92. The van der Waals surface area contributed by atoms with Gasteiger partial charge in [0.25, 0.3) is 0 Å². The Labute approximate surface area is 74.9 Å². The molecule has 0 spiro atoms. The molecule has 1 radical (unpaired) electrons. The molecule has 0 unspecified atom stereocenters. The summed E-state index contributed by atoms with van der Waals surface area (Å²) in [6.07, 6.45) is -2.43. The minimum absolute atomic E-state index is 0.203. The predicted molar refractivity (Wildman–Crippen MR) is 41.5 cm³/mol. The summed E-state index contributed by atoms with van der Waals surface area (Å²) in [4.78, 5) is 0. The fourth-order valence-corrected chi connectivity index (χ4v) is 1.52. The van der Waals surface area contributed by atoms with Crippen molar-refractivity contribution in [2.45, 2.75) is 23.7 Å². The molecule has 1 saturated heterocycles. The van der Waals surface area contributed by atoms with Crippen molar-refractivity contribution < 1.29 is 14.9 Å². The highest BCUT2D eigenvalue weighted by molar-refractivity contribution is 6.23. The molecule has 5 heteroatoms. The van der Waals surface area contributed by atoms with Crippen LogP contribution in [-0.2, 0) is 4.74 Å². The second kappa shape index (κ2) is 3.92. The van der Waals surface area contributed by atoms with Gasteiger partial charge in [0.1, 0.15) is 18.8 Å². The summed E-state index contributed by atoms with van der Waals surface area (Å²) in [6, 6.07) is 0. The van der Waals surface area contributed by atoms with Crippen LogP contribution in [0.5, 0.6) is 0 Å². The Hall–Kier alpha value is 0.460. The SMILES string of the molecule is O[C@H]1[C@@H](Cl)[C@@H](CCl)O[CH][C@@H]1O.